The van der Waals surface area contributed by atoms with Gasteiger partial charge in [0.2, 0.25) is 0 Å². The first kappa shape index (κ1) is 22.0. The highest BCUT2D eigenvalue weighted by molar-refractivity contribution is 5.94. The summed E-state index contributed by atoms with van der Waals surface area (Å²) in [4.78, 5) is 16.8. The second-order valence-corrected chi connectivity index (χ2v) is 9.81. The molecule has 2 heterocycles. The van der Waals surface area contributed by atoms with Crippen molar-refractivity contribution in [1.82, 2.24) is 4.90 Å². The van der Waals surface area contributed by atoms with E-state index in [1.165, 1.54) is 45.8 Å². The van der Waals surface area contributed by atoms with Crippen LogP contribution in [0.2, 0.25) is 0 Å². The first-order valence-electron chi connectivity index (χ1n) is 12.2. The Kier molecular flexibility index (Phi) is 6.11. The number of fused-ring (bicyclic) bond motifs is 1. The largest absolute Gasteiger partial charge is 0.469 e. The van der Waals surface area contributed by atoms with Gasteiger partial charge in [-0.2, -0.15) is 0 Å². The molecule has 0 bridgehead atoms. The molecule has 33 heavy (non-hydrogen) atoms. The number of hydrogen-bond donors (Lipinski definition) is 0. The van der Waals surface area contributed by atoms with E-state index in [4.69, 9.17) is 4.74 Å². The number of likely N-dealkylation sites (tertiary alicyclic amines) is 1. The predicted octanol–water partition coefficient (Wildman–Crippen LogP) is 5.45. The molecule has 172 valence electrons. The molecule has 0 amide bonds. The van der Waals surface area contributed by atoms with Crippen molar-refractivity contribution in [2.75, 3.05) is 38.2 Å². The van der Waals surface area contributed by atoms with Crippen molar-refractivity contribution in [3.8, 4) is 0 Å². The molecule has 2 aliphatic heterocycles. The summed E-state index contributed by atoms with van der Waals surface area (Å²) >= 11 is 0. The van der Waals surface area contributed by atoms with Crippen LogP contribution in [0.5, 0.6) is 0 Å². The van der Waals surface area contributed by atoms with E-state index in [1.807, 2.05) is 0 Å². The Morgan fingerprint density at radius 3 is 2.33 bits per heavy atom. The van der Waals surface area contributed by atoms with Gasteiger partial charge in [0.25, 0.3) is 0 Å². The highest BCUT2D eigenvalue weighted by Gasteiger charge is 2.30. The maximum absolute atomic E-state index is 11.8. The normalized spacial score (nSPS) is 17.8. The number of rotatable bonds is 5. The Hall–Kier alpha value is -2.85. The van der Waals surface area contributed by atoms with E-state index < -0.39 is 0 Å². The van der Waals surface area contributed by atoms with Crippen molar-refractivity contribution < 1.29 is 9.53 Å². The molecule has 0 saturated carbocycles. The zero-order valence-corrected chi connectivity index (χ0v) is 20.0. The van der Waals surface area contributed by atoms with Crippen molar-refractivity contribution in [2.45, 2.75) is 39.2 Å². The lowest BCUT2D eigenvalue weighted by Crippen LogP contribution is -2.45. The topological polar surface area (TPSA) is 32.8 Å². The van der Waals surface area contributed by atoms with E-state index in [9.17, 15) is 4.79 Å². The van der Waals surface area contributed by atoms with Gasteiger partial charge >= 0.3 is 5.97 Å². The van der Waals surface area contributed by atoms with Crippen molar-refractivity contribution in [3.63, 3.8) is 0 Å². The number of aryl methyl sites for hydroxylation is 2. The summed E-state index contributed by atoms with van der Waals surface area (Å²) in [6.07, 6.45) is 1.80. The lowest BCUT2D eigenvalue weighted by atomic mass is 9.86. The Bertz CT molecular complexity index is 1130. The van der Waals surface area contributed by atoms with Gasteiger partial charge in [0.05, 0.1) is 13.0 Å². The number of piperidine rings is 1. The number of benzene rings is 3. The molecule has 2 saturated heterocycles. The maximum atomic E-state index is 11.8. The van der Waals surface area contributed by atoms with Crippen LogP contribution < -0.4 is 4.90 Å². The lowest BCUT2D eigenvalue weighted by molar-refractivity contribution is -0.147. The number of esters is 1. The van der Waals surface area contributed by atoms with Crippen LogP contribution in [0, 0.1) is 19.8 Å². The summed E-state index contributed by atoms with van der Waals surface area (Å²) in [7, 11) is 1.49. The summed E-state index contributed by atoms with van der Waals surface area (Å²) in [5.41, 5.74) is 7.05. The van der Waals surface area contributed by atoms with Gasteiger partial charge in [0.15, 0.2) is 0 Å². The molecular formula is C29H34N2O2. The molecule has 0 radical (unpaired) electrons. The van der Waals surface area contributed by atoms with Crippen LogP contribution in [0.15, 0.2) is 54.6 Å². The molecule has 2 aliphatic rings. The third-order valence-electron chi connectivity index (χ3n) is 7.68. The standard InChI is InChI=1S/C29H34N2O2/c1-20-15-24(16-21(2)27(20)19-30-13-11-23(12-14-30)29(32)33-3)25-17-31(18-25)28-10-6-8-22-7-4-5-9-26(22)28/h4-10,15-16,23,25H,11-14,17-19H2,1-3H3. The molecule has 5 rings (SSSR count). The van der Waals surface area contributed by atoms with Gasteiger partial charge in [-0.05, 0) is 73.5 Å². The van der Waals surface area contributed by atoms with Crippen molar-refractivity contribution >= 4 is 22.4 Å². The van der Waals surface area contributed by atoms with E-state index in [1.54, 1.807) is 0 Å². The Labute approximate surface area is 197 Å². The van der Waals surface area contributed by atoms with Gasteiger partial charge in [-0.1, -0.05) is 48.5 Å². The molecule has 4 nitrogen and oxygen atoms in total. The third-order valence-corrected chi connectivity index (χ3v) is 7.68. The number of methoxy groups -OCH3 is 1. The van der Waals surface area contributed by atoms with Gasteiger partial charge in [-0.25, -0.2) is 0 Å². The fourth-order valence-corrected chi connectivity index (χ4v) is 5.60. The summed E-state index contributed by atoms with van der Waals surface area (Å²) in [5, 5.41) is 2.65. The molecule has 0 aliphatic carbocycles. The molecule has 0 aromatic heterocycles. The minimum atomic E-state index is -0.0515. The number of hydrogen-bond acceptors (Lipinski definition) is 4. The Morgan fingerprint density at radius 1 is 0.970 bits per heavy atom. The highest BCUT2D eigenvalue weighted by atomic mass is 16.5. The lowest BCUT2D eigenvalue weighted by Gasteiger charge is -2.42. The zero-order valence-electron chi connectivity index (χ0n) is 20.0. The molecule has 3 aromatic rings. The minimum absolute atomic E-state index is 0.0515. The number of ether oxygens (including phenoxy) is 1. The average molecular weight is 443 g/mol. The molecule has 3 aromatic carbocycles. The number of anilines is 1. The van der Waals surface area contributed by atoms with Crippen LogP contribution in [0.25, 0.3) is 10.8 Å². The maximum Gasteiger partial charge on any atom is 0.308 e. The molecule has 0 atom stereocenters. The highest BCUT2D eigenvalue weighted by Crippen LogP contribution is 2.37. The van der Waals surface area contributed by atoms with Gasteiger partial charge in [-0.3, -0.25) is 9.69 Å². The number of carbonyl (C=O) groups excluding carboxylic acids is 1. The second kappa shape index (κ2) is 9.18. The summed E-state index contributed by atoms with van der Waals surface area (Å²) in [5.74, 6) is 0.606. The fraction of sp³-hybridized carbons (Fsp3) is 0.414. The van der Waals surface area contributed by atoms with Crippen LogP contribution in [-0.4, -0.2) is 44.2 Å². The SMILES string of the molecule is COC(=O)C1CCN(Cc2c(C)cc(C3CN(c4cccc5ccccc45)C3)cc2C)CC1. The zero-order chi connectivity index (χ0) is 22.9. The Morgan fingerprint density at radius 2 is 1.64 bits per heavy atom. The van der Waals surface area contributed by atoms with Crippen molar-refractivity contribution in [3.05, 3.63) is 76.9 Å². The third kappa shape index (κ3) is 4.37. The Balaban J connectivity index is 1.24. The van der Waals surface area contributed by atoms with Crippen LogP contribution in [0.1, 0.15) is 41.0 Å². The van der Waals surface area contributed by atoms with Crippen LogP contribution in [0.4, 0.5) is 5.69 Å². The first-order valence-corrected chi connectivity index (χ1v) is 12.2. The summed E-state index contributed by atoms with van der Waals surface area (Å²) in [6.45, 7) is 9.56. The molecule has 2 fully saturated rings. The van der Waals surface area contributed by atoms with E-state index >= 15 is 0 Å². The smallest absolute Gasteiger partial charge is 0.308 e. The van der Waals surface area contributed by atoms with Gasteiger partial charge in [0, 0.05) is 36.6 Å². The molecule has 0 N–H and O–H groups in total. The molecule has 0 unspecified atom stereocenters. The van der Waals surface area contributed by atoms with Crippen molar-refractivity contribution in [1.29, 1.82) is 0 Å². The van der Waals surface area contributed by atoms with E-state index in [0.717, 1.165) is 45.6 Å². The predicted molar refractivity (Wildman–Crippen MR) is 135 cm³/mol. The van der Waals surface area contributed by atoms with Gasteiger partial charge < -0.3 is 9.64 Å². The second-order valence-electron chi connectivity index (χ2n) is 9.81. The van der Waals surface area contributed by atoms with Gasteiger partial charge in [-0.15, -0.1) is 0 Å². The summed E-state index contributed by atoms with van der Waals surface area (Å²) < 4.78 is 4.93. The molecular weight excluding hydrogens is 408 g/mol. The fourth-order valence-electron chi connectivity index (χ4n) is 5.60. The van der Waals surface area contributed by atoms with E-state index in [-0.39, 0.29) is 11.9 Å². The molecule has 0 spiro atoms. The van der Waals surface area contributed by atoms with Crippen LogP contribution in [-0.2, 0) is 16.1 Å². The van der Waals surface area contributed by atoms with Crippen LogP contribution >= 0.6 is 0 Å². The first-order chi connectivity index (χ1) is 16.0. The monoisotopic (exact) mass is 442 g/mol. The van der Waals surface area contributed by atoms with E-state index in [0.29, 0.717) is 5.92 Å². The van der Waals surface area contributed by atoms with Crippen LogP contribution in [0.3, 0.4) is 0 Å². The average Bonchev–Trinajstić information content (AvgIpc) is 2.80. The number of carbonyl (C=O) groups is 1. The minimum Gasteiger partial charge on any atom is -0.469 e. The van der Waals surface area contributed by atoms with E-state index in [2.05, 4.69) is 78.2 Å². The molecule has 4 heteroatoms. The van der Waals surface area contributed by atoms with Gasteiger partial charge in [0.1, 0.15) is 0 Å². The number of nitrogens with zero attached hydrogens (tertiary/aromatic N) is 2. The van der Waals surface area contributed by atoms with Crippen molar-refractivity contribution in [2.24, 2.45) is 5.92 Å². The summed E-state index contributed by atoms with van der Waals surface area (Å²) in [6, 6.07) is 20.1. The quantitative estimate of drug-likeness (QED) is 0.492.